The number of nitrogens with one attached hydrogen (secondary N) is 1. The number of fused-ring (bicyclic) bond motifs is 2. The minimum Gasteiger partial charge on any atom is -0.444 e. The Labute approximate surface area is 109 Å². The number of carbonyl (C=O) groups excluding carboxylic acids is 1. The van der Waals surface area contributed by atoms with E-state index in [1.165, 1.54) is 6.42 Å². The van der Waals surface area contributed by atoms with Gasteiger partial charge in [-0.3, -0.25) is 0 Å². The second kappa shape index (κ2) is 5.02. The maximum atomic E-state index is 12.0. The van der Waals surface area contributed by atoms with Gasteiger partial charge in [0.1, 0.15) is 5.60 Å². The Morgan fingerprint density at radius 1 is 1.35 bits per heavy atom. The number of amides is 1. The molecule has 1 aliphatic carbocycles. The summed E-state index contributed by atoms with van der Waals surface area (Å²) in [7, 11) is 1.97. The van der Waals surface area contributed by atoms with Crippen LogP contribution in [0.3, 0.4) is 0 Å². The molecule has 5 heteroatoms. The average molecular weight is 263 g/mol. The minimum atomic E-state index is -0.395. The number of nitrogens with zero attached hydrogens (tertiary/aromatic N) is 1. The van der Waals surface area contributed by atoms with Gasteiger partial charge in [-0.1, -0.05) is 0 Å². The number of likely N-dealkylation sites (tertiary alicyclic amines) is 1. The molecule has 0 aromatic carbocycles. The molecule has 0 aromatic rings. The lowest BCUT2D eigenvalue weighted by molar-refractivity contribution is 0.0161. The summed E-state index contributed by atoms with van der Waals surface area (Å²) in [5.41, 5.74) is -0.395. The SMILES string of the molecule is CN[C@@H]1C[C@H]2C[C@@H]1N(C(=O)OC(C)(C)C)C2.Cl. The van der Waals surface area contributed by atoms with Crippen LogP contribution in [-0.4, -0.2) is 42.3 Å². The molecular weight excluding hydrogens is 240 g/mol. The maximum absolute atomic E-state index is 12.0. The summed E-state index contributed by atoms with van der Waals surface area (Å²) in [6.07, 6.45) is 2.17. The van der Waals surface area contributed by atoms with Gasteiger partial charge in [0, 0.05) is 12.6 Å². The van der Waals surface area contributed by atoms with Crippen LogP contribution in [0.25, 0.3) is 0 Å². The van der Waals surface area contributed by atoms with Crippen molar-refractivity contribution >= 4 is 18.5 Å². The number of ether oxygens (including phenoxy) is 1. The highest BCUT2D eigenvalue weighted by atomic mass is 35.5. The standard InChI is InChI=1S/C12H22N2O2.ClH/c1-12(2,3)16-11(15)14-7-8-5-9(13-4)10(14)6-8;/h8-10,13H,5-7H2,1-4H3;1H/t8-,9+,10-;/m0./s1. The largest absolute Gasteiger partial charge is 0.444 e. The summed E-state index contributed by atoms with van der Waals surface area (Å²) in [4.78, 5) is 13.9. The van der Waals surface area contributed by atoms with Crippen LogP contribution in [0.5, 0.6) is 0 Å². The lowest BCUT2D eigenvalue weighted by Gasteiger charge is -2.34. The first-order valence-electron chi connectivity index (χ1n) is 6.07. The van der Waals surface area contributed by atoms with Gasteiger partial charge >= 0.3 is 6.09 Å². The van der Waals surface area contributed by atoms with Crippen LogP contribution in [0, 0.1) is 5.92 Å². The van der Waals surface area contributed by atoms with Gasteiger partial charge in [-0.05, 0) is 46.6 Å². The minimum absolute atomic E-state index is 0. The van der Waals surface area contributed by atoms with Crippen LogP contribution in [-0.2, 0) is 4.74 Å². The fraction of sp³-hybridized carbons (Fsp3) is 0.917. The summed E-state index contributed by atoms with van der Waals surface area (Å²) in [5.74, 6) is 0.662. The Kier molecular flexibility index (Phi) is 4.31. The fourth-order valence-electron chi connectivity index (χ4n) is 2.87. The van der Waals surface area contributed by atoms with Gasteiger partial charge in [0.25, 0.3) is 0 Å². The van der Waals surface area contributed by atoms with Crippen LogP contribution >= 0.6 is 12.4 Å². The molecule has 4 nitrogen and oxygen atoms in total. The van der Waals surface area contributed by atoms with Crippen molar-refractivity contribution in [2.75, 3.05) is 13.6 Å². The van der Waals surface area contributed by atoms with Crippen LogP contribution in [0.15, 0.2) is 0 Å². The summed E-state index contributed by atoms with van der Waals surface area (Å²) in [6.45, 7) is 6.61. The summed E-state index contributed by atoms with van der Waals surface area (Å²) in [6, 6.07) is 0.788. The molecule has 2 aliphatic rings. The predicted octanol–water partition coefficient (Wildman–Crippen LogP) is 2.03. The van der Waals surface area contributed by atoms with E-state index in [0.29, 0.717) is 18.0 Å². The molecule has 0 aromatic heterocycles. The number of halogens is 1. The van der Waals surface area contributed by atoms with E-state index in [1.54, 1.807) is 0 Å². The van der Waals surface area contributed by atoms with Gasteiger partial charge in [-0.2, -0.15) is 0 Å². The molecule has 1 N–H and O–H groups in total. The Bertz CT molecular complexity index is 291. The number of carbonyl (C=O) groups is 1. The second-order valence-corrected chi connectivity index (χ2v) is 5.93. The van der Waals surface area contributed by atoms with E-state index in [-0.39, 0.29) is 18.5 Å². The van der Waals surface area contributed by atoms with Crippen molar-refractivity contribution < 1.29 is 9.53 Å². The zero-order chi connectivity index (χ0) is 11.9. The number of likely N-dealkylation sites (N-methyl/N-ethyl adjacent to an activating group) is 1. The number of hydrogen-bond acceptors (Lipinski definition) is 3. The van der Waals surface area contributed by atoms with Crippen LogP contribution < -0.4 is 5.32 Å². The molecule has 100 valence electrons. The van der Waals surface area contributed by atoms with E-state index in [0.717, 1.165) is 13.0 Å². The Balaban J connectivity index is 0.00000144. The summed E-state index contributed by atoms with van der Waals surface area (Å²) in [5, 5.41) is 3.29. The van der Waals surface area contributed by atoms with E-state index >= 15 is 0 Å². The van der Waals surface area contributed by atoms with Crippen LogP contribution in [0.4, 0.5) is 4.79 Å². The van der Waals surface area contributed by atoms with Gasteiger partial charge in [0.15, 0.2) is 0 Å². The molecule has 1 saturated carbocycles. The van der Waals surface area contributed by atoms with Crippen molar-refractivity contribution in [1.82, 2.24) is 10.2 Å². The first kappa shape index (κ1) is 14.6. The normalized spacial score (nSPS) is 31.3. The van der Waals surface area contributed by atoms with Crippen molar-refractivity contribution in [3.63, 3.8) is 0 Å². The molecule has 1 amide bonds. The van der Waals surface area contributed by atoms with Gasteiger partial charge < -0.3 is 15.0 Å². The molecule has 1 aliphatic heterocycles. The van der Waals surface area contributed by atoms with Crippen molar-refractivity contribution in [3.05, 3.63) is 0 Å². The molecule has 1 heterocycles. The molecule has 0 radical (unpaired) electrons. The van der Waals surface area contributed by atoms with E-state index in [2.05, 4.69) is 5.32 Å². The lowest BCUT2D eigenvalue weighted by atomic mass is 10.1. The van der Waals surface area contributed by atoms with E-state index in [1.807, 2.05) is 32.7 Å². The molecule has 0 spiro atoms. The molecule has 0 unspecified atom stereocenters. The topological polar surface area (TPSA) is 41.6 Å². The zero-order valence-corrected chi connectivity index (χ0v) is 11.8. The van der Waals surface area contributed by atoms with E-state index < -0.39 is 5.60 Å². The number of piperidine rings is 1. The van der Waals surface area contributed by atoms with Crippen molar-refractivity contribution in [2.24, 2.45) is 5.92 Å². The van der Waals surface area contributed by atoms with Crippen molar-refractivity contribution in [1.29, 1.82) is 0 Å². The molecular formula is C12H23ClN2O2. The van der Waals surface area contributed by atoms with Crippen LogP contribution in [0.1, 0.15) is 33.6 Å². The molecule has 1 saturated heterocycles. The molecule has 2 fully saturated rings. The fourth-order valence-corrected chi connectivity index (χ4v) is 2.87. The van der Waals surface area contributed by atoms with Crippen molar-refractivity contribution in [3.8, 4) is 0 Å². The predicted molar refractivity (Wildman–Crippen MR) is 69.5 cm³/mol. The molecule has 2 bridgehead atoms. The second-order valence-electron chi connectivity index (χ2n) is 5.93. The van der Waals surface area contributed by atoms with Crippen LogP contribution in [0.2, 0.25) is 0 Å². The number of hydrogen-bond donors (Lipinski definition) is 1. The third-order valence-electron chi connectivity index (χ3n) is 3.48. The first-order chi connectivity index (χ1) is 7.40. The van der Waals surface area contributed by atoms with E-state index in [9.17, 15) is 4.79 Å². The maximum Gasteiger partial charge on any atom is 0.410 e. The lowest BCUT2D eigenvalue weighted by Crippen LogP contribution is -2.50. The van der Waals surface area contributed by atoms with E-state index in [4.69, 9.17) is 4.74 Å². The monoisotopic (exact) mass is 262 g/mol. The van der Waals surface area contributed by atoms with Gasteiger partial charge in [-0.25, -0.2) is 4.79 Å². The van der Waals surface area contributed by atoms with Gasteiger partial charge in [0.2, 0.25) is 0 Å². The molecule has 2 rings (SSSR count). The third-order valence-corrected chi connectivity index (χ3v) is 3.48. The highest BCUT2D eigenvalue weighted by molar-refractivity contribution is 5.85. The first-order valence-corrected chi connectivity index (χ1v) is 6.07. The van der Waals surface area contributed by atoms with Gasteiger partial charge in [0.05, 0.1) is 6.04 Å². The average Bonchev–Trinajstić information content (AvgIpc) is 2.72. The quantitative estimate of drug-likeness (QED) is 0.786. The Morgan fingerprint density at radius 2 is 2.00 bits per heavy atom. The molecule has 17 heavy (non-hydrogen) atoms. The van der Waals surface area contributed by atoms with Crippen molar-refractivity contribution in [2.45, 2.75) is 51.3 Å². The smallest absolute Gasteiger partial charge is 0.410 e. The Hall–Kier alpha value is -0.480. The summed E-state index contributed by atoms with van der Waals surface area (Å²) < 4.78 is 5.43. The number of rotatable bonds is 1. The molecule has 3 atom stereocenters. The highest BCUT2D eigenvalue weighted by Crippen LogP contribution is 2.38. The third kappa shape index (κ3) is 3.05. The van der Waals surface area contributed by atoms with Gasteiger partial charge in [-0.15, -0.1) is 12.4 Å². The Morgan fingerprint density at radius 3 is 2.47 bits per heavy atom. The highest BCUT2D eigenvalue weighted by Gasteiger charge is 2.47. The zero-order valence-electron chi connectivity index (χ0n) is 11.0. The summed E-state index contributed by atoms with van der Waals surface area (Å²) >= 11 is 0.